The number of nitrogens with zero attached hydrogens (tertiary/aromatic N) is 2. The average Bonchev–Trinajstić information content (AvgIpc) is 2.40. The van der Waals surface area contributed by atoms with E-state index in [2.05, 4.69) is 64.6 Å². The van der Waals surface area contributed by atoms with E-state index < -0.39 is 8.07 Å². The summed E-state index contributed by atoms with van der Waals surface area (Å²) in [6.07, 6.45) is 7.05. The predicted octanol–water partition coefficient (Wildman–Crippen LogP) is 4.94. The molecule has 0 aromatic carbocycles. The number of hydrogen-bond acceptors (Lipinski definition) is 3. The summed E-state index contributed by atoms with van der Waals surface area (Å²) >= 11 is 3.36. The van der Waals surface area contributed by atoms with Crippen LogP contribution >= 0.6 is 15.9 Å². The highest BCUT2D eigenvalue weighted by atomic mass is 79.9. The molecule has 21 heavy (non-hydrogen) atoms. The lowest BCUT2D eigenvalue weighted by atomic mass is 10.1. The molecule has 1 atom stereocenters. The van der Waals surface area contributed by atoms with E-state index in [9.17, 15) is 0 Å². The number of ether oxygens (including phenoxy) is 1. The Labute approximate surface area is 138 Å². The summed E-state index contributed by atoms with van der Waals surface area (Å²) in [5.41, 5.74) is 1.87. The molecular weight excluding hydrogens is 344 g/mol. The number of aryl methyl sites for hydroxylation is 1. The van der Waals surface area contributed by atoms with Crippen molar-refractivity contribution in [2.45, 2.75) is 46.0 Å². The van der Waals surface area contributed by atoms with Gasteiger partial charge in [-0.15, -0.1) is 0 Å². The van der Waals surface area contributed by atoms with E-state index >= 15 is 0 Å². The summed E-state index contributed by atoms with van der Waals surface area (Å²) < 4.78 is 6.61. The average molecular weight is 371 g/mol. The first-order valence-electron chi connectivity index (χ1n) is 7.57. The highest BCUT2D eigenvalue weighted by molar-refractivity contribution is 9.10. The summed E-state index contributed by atoms with van der Waals surface area (Å²) in [7, 11) is -0.991. The second kappa shape index (κ2) is 8.81. The van der Waals surface area contributed by atoms with Gasteiger partial charge in [-0.2, -0.15) is 0 Å². The molecule has 0 N–H and O–H groups in total. The van der Waals surface area contributed by atoms with E-state index in [0.717, 1.165) is 35.6 Å². The molecule has 1 rings (SSSR count). The van der Waals surface area contributed by atoms with Gasteiger partial charge in [-0.1, -0.05) is 32.6 Å². The van der Waals surface area contributed by atoms with Gasteiger partial charge >= 0.3 is 0 Å². The van der Waals surface area contributed by atoms with Crippen LogP contribution in [-0.4, -0.2) is 31.3 Å². The molecule has 0 saturated carbocycles. The molecular formula is C16H27BrN2OSi. The van der Waals surface area contributed by atoms with Crippen molar-refractivity contribution in [3.63, 3.8) is 0 Å². The van der Waals surface area contributed by atoms with Gasteiger partial charge < -0.3 is 4.74 Å². The molecule has 0 bridgehead atoms. The lowest BCUT2D eigenvalue weighted by Crippen LogP contribution is -2.22. The van der Waals surface area contributed by atoms with Crippen molar-refractivity contribution < 1.29 is 4.74 Å². The summed E-state index contributed by atoms with van der Waals surface area (Å²) in [6, 6.07) is 1.23. The molecule has 1 aromatic heterocycles. The van der Waals surface area contributed by atoms with E-state index in [1.807, 2.05) is 6.92 Å². The minimum Gasteiger partial charge on any atom is -0.381 e. The summed E-state index contributed by atoms with van der Waals surface area (Å²) in [4.78, 5) is 8.74. The Morgan fingerprint density at radius 2 is 2.10 bits per heavy atom. The Bertz CT molecular complexity index is 472. The van der Waals surface area contributed by atoms with Crippen LogP contribution in [0.25, 0.3) is 6.08 Å². The minimum atomic E-state index is -0.991. The fourth-order valence-electron chi connectivity index (χ4n) is 1.75. The maximum atomic E-state index is 5.84. The van der Waals surface area contributed by atoms with Gasteiger partial charge in [0.2, 0.25) is 0 Å². The molecule has 1 heterocycles. The van der Waals surface area contributed by atoms with Crippen molar-refractivity contribution in [3.8, 4) is 0 Å². The Balaban J connectivity index is 2.49. The van der Waals surface area contributed by atoms with Crippen LogP contribution in [0, 0.1) is 12.8 Å². The van der Waals surface area contributed by atoms with Gasteiger partial charge in [0.05, 0.1) is 24.2 Å². The molecule has 0 spiro atoms. The molecule has 1 unspecified atom stereocenters. The SMILES string of the molecule is CCC(/C=C\c1nc(Br)cnc1C)COCC[Si](C)(C)C. The molecule has 0 aliphatic heterocycles. The topological polar surface area (TPSA) is 35.0 Å². The summed E-state index contributed by atoms with van der Waals surface area (Å²) in [5.74, 6) is 0.437. The molecule has 0 aliphatic carbocycles. The Morgan fingerprint density at radius 1 is 1.38 bits per heavy atom. The van der Waals surface area contributed by atoms with Crippen LogP contribution in [0.5, 0.6) is 0 Å². The molecule has 3 nitrogen and oxygen atoms in total. The zero-order chi connectivity index (χ0) is 15.9. The molecule has 0 radical (unpaired) electrons. The highest BCUT2D eigenvalue weighted by Gasteiger charge is 2.12. The van der Waals surface area contributed by atoms with Crippen molar-refractivity contribution >= 4 is 30.1 Å². The third-order valence-corrected chi connectivity index (χ3v) is 5.43. The van der Waals surface area contributed by atoms with Crippen LogP contribution in [0.15, 0.2) is 16.9 Å². The molecule has 1 aromatic rings. The van der Waals surface area contributed by atoms with Crippen LogP contribution in [0.2, 0.25) is 25.7 Å². The zero-order valence-corrected chi connectivity index (χ0v) is 16.4. The van der Waals surface area contributed by atoms with Crippen LogP contribution in [0.3, 0.4) is 0 Å². The van der Waals surface area contributed by atoms with Gasteiger partial charge in [-0.25, -0.2) is 4.98 Å². The van der Waals surface area contributed by atoms with Crippen molar-refractivity contribution in [2.24, 2.45) is 5.92 Å². The first kappa shape index (κ1) is 18.5. The van der Waals surface area contributed by atoms with Crippen LogP contribution in [-0.2, 0) is 4.74 Å². The fourth-order valence-corrected chi connectivity index (χ4v) is 2.80. The Morgan fingerprint density at radius 3 is 2.71 bits per heavy atom. The molecule has 0 fully saturated rings. The predicted molar refractivity (Wildman–Crippen MR) is 96.3 cm³/mol. The van der Waals surface area contributed by atoms with Gasteiger partial charge in [0.25, 0.3) is 0 Å². The van der Waals surface area contributed by atoms with Gasteiger partial charge in [-0.3, -0.25) is 4.98 Å². The van der Waals surface area contributed by atoms with E-state index in [1.54, 1.807) is 6.20 Å². The summed E-state index contributed by atoms with van der Waals surface area (Å²) in [5, 5.41) is 0. The van der Waals surface area contributed by atoms with Crippen LogP contribution < -0.4 is 0 Å². The van der Waals surface area contributed by atoms with Crippen LogP contribution in [0.4, 0.5) is 0 Å². The maximum absolute atomic E-state index is 5.84. The first-order chi connectivity index (χ1) is 9.81. The maximum Gasteiger partial charge on any atom is 0.125 e. The lowest BCUT2D eigenvalue weighted by molar-refractivity contribution is 0.123. The molecule has 0 amide bonds. The lowest BCUT2D eigenvalue weighted by Gasteiger charge is -2.17. The van der Waals surface area contributed by atoms with E-state index in [0.29, 0.717) is 5.92 Å². The van der Waals surface area contributed by atoms with Crippen molar-refractivity contribution in [3.05, 3.63) is 28.3 Å². The van der Waals surface area contributed by atoms with E-state index in [-0.39, 0.29) is 0 Å². The van der Waals surface area contributed by atoms with E-state index in [1.165, 1.54) is 6.04 Å². The number of hydrogen-bond donors (Lipinski definition) is 0. The molecule has 5 heteroatoms. The summed E-state index contributed by atoms with van der Waals surface area (Å²) in [6.45, 7) is 13.0. The minimum absolute atomic E-state index is 0.437. The number of aromatic nitrogens is 2. The van der Waals surface area contributed by atoms with Crippen molar-refractivity contribution in [1.82, 2.24) is 9.97 Å². The monoisotopic (exact) mass is 370 g/mol. The Hall–Kier alpha value is -0.523. The van der Waals surface area contributed by atoms with Gasteiger partial charge in [0, 0.05) is 20.6 Å². The standard InChI is InChI=1S/C16H27BrN2OSi/c1-6-14(12-20-9-10-21(3,4)5)7-8-15-13(2)18-11-16(17)19-15/h7-8,11,14H,6,9-10,12H2,1-5H3/b8-7-. The van der Waals surface area contributed by atoms with Crippen LogP contribution in [0.1, 0.15) is 24.7 Å². The zero-order valence-electron chi connectivity index (χ0n) is 13.8. The van der Waals surface area contributed by atoms with Gasteiger partial charge in [0.15, 0.2) is 0 Å². The van der Waals surface area contributed by atoms with Gasteiger partial charge in [0.1, 0.15) is 4.60 Å². The third kappa shape index (κ3) is 7.88. The normalized spacial score (nSPS) is 13.8. The van der Waals surface area contributed by atoms with Gasteiger partial charge in [-0.05, 0) is 41.4 Å². The Kier molecular flexibility index (Phi) is 7.77. The first-order valence-corrected chi connectivity index (χ1v) is 12.1. The largest absolute Gasteiger partial charge is 0.381 e. The third-order valence-electron chi connectivity index (χ3n) is 3.34. The number of halogens is 1. The molecule has 0 saturated heterocycles. The van der Waals surface area contributed by atoms with Crippen molar-refractivity contribution in [2.75, 3.05) is 13.2 Å². The second-order valence-electron chi connectivity index (χ2n) is 6.58. The quantitative estimate of drug-likeness (QED) is 0.479. The number of rotatable bonds is 8. The molecule has 118 valence electrons. The highest BCUT2D eigenvalue weighted by Crippen LogP contribution is 2.14. The van der Waals surface area contributed by atoms with E-state index in [4.69, 9.17) is 4.74 Å². The molecule has 0 aliphatic rings. The second-order valence-corrected chi connectivity index (χ2v) is 13.0. The smallest absolute Gasteiger partial charge is 0.125 e. The fraction of sp³-hybridized carbons (Fsp3) is 0.625. The van der Waals surface area contributed by atoms with Crippen molar-refractivity contribution in [1.29, 1.82) is 0 Å².